The van der Waals surface area contributed by atoms with E-state index in [9.17, 15) is 4.79 Å². The molecule has 1 aliphatic heterocycles. The number of amides is 1. The Bertz CT molecular complexity index is 431. The summed E-state index contributed by atoms with van der Waals surface area (Å²) in [6.07, 6.45) is 0.358. The third-order valence-electron chi connectivity index (χ3n) is 2.12. The molecule has 0 saturated carbocycles. The highest BCUT2D eigenvalue weighted by Crippen LogP contribution is 2.27. The molecule has 0 spiro atoms. The number of nitrogens with one attached hydrogen (secondary N) is 1. The molecule has 0 fully saturated rings. The normalized spacial score (nSPS) is 14.5. The number of ether oxygens (including phenoxy) is 1. The average molecular weight is 222 g/mol. The number of carbonyl (C=O) groups excluding carboxylic acids is 1. The minimum absolute atomic E-state index is 0.0613. The first-order chi connectivity index (χ1) is 7.16. The molecule has 3 N–H and O–H groups in total. The molecule has 78 valence electrons. The standard InChI is InChI=1S/C10H10N2O2S/c11-10(15)6-1-2-8-7(5-6)12-9(13)3-4-14-8/h1-2,5H,3-4H2,(H2,11,15)(H,12,13). The van der Waals surface area contributed by atoms with Gasteiger partial charge in [-0.1, -0.05) is 12.2 Å². The van der Waals surface area contributed by atoms with E-state index >= 15 is 0 Å². The van der Waals surface area contributed by atoms with Crippen LogP contribution in [0.5, 0.6) is 5.75 Å². The molecule has 0 saturated heterocycles. The predicted octanol–water partition coefficient (Wildman–Crippen LogP) is 1.04. The zero-order valence-electron chi connectivity index (χ0n) is 7.95. The van der Waals surface area contributed by atoms with Gasteiger partial charge in [0.05, 0.1) is 18.7 Å². The van der Waals surface area contributed by atoms with Crippen LogP contribution in [-0.4, -0.2) is 17.5 Å². The third kappa shape index (κ3) is 2.07. The van der Waals surface area contributed by atoms with Crippen molar-refractivity contribution in [2.24, 2.45) is 5.73 Å². The van der Waals surface area contributed by atoms with Crippen molar-refractivity contribution in [2.45, 2.75) is 6.42 Å². The number of rotatable bonds is 1. The lowest BCUT2D eigenvalue weighted by atomic mass is 10.2. The lowest BCUT2D eigenvalue weighted by Gasteiger charge is -2.08. The number of carbonyl (C=O) groups is 1. The van der Waals surface area contributed by atoms with E-state index in [2.05, 4.69) is 5.32 Å². The first kappa shape index (κ1) is 9.92. The molecule has 2 rings (SSSR count). The predicted molar refractivity (Wildman–Crippen MR) is 61.1 cm³/mol. The monoisotopic (exact) mass is 222 g/mol. The van der Waals surface area contributed by atoms with Gasteiger partial charge in [-0.2, -0.15) is 0 Å². The van der Waals surface area contributed by atoms with E-state index in [4.69, 9.17) is 22.7 Å². The SMILES string of the molecule is NC(=S)c1ccc2c(c1)NC(=O)CCO2. The Morgan fingerprint density at radius 3 is 3.07 bits per heavy atom. The van der Waals surface area contributed by atoms with Crippen LogP contribution in [0.2, 0.25) is 0 Å². The molecule has 15 heavy (non-hydrogen) atoms. The van der Waals surface area contributed by atoms with Crippen LogP contribution in [0.15, 0.2) is 18.2 Å². The molecule has 0 unspecified atom stereocenters. The molecule has 0 bridgehead atoms. The highest BCUT2D eigenvalue weighted by Gasteiger charge is 2.14. The minimum atomic E-state index is -0.0613. The van der Waals surface area contributed by atoms with Crippen molar-refractivity contribution in [3.63, 3.8) is 0 Å². The van der Waals surface area contributed by atoms with Crippen molar-refractivity contribution < 1.29 is 9.53 Å². The Kier molecular flexibility index (Phi) is 2.55. The summed E-state index contributed by atoms with van der Waals surface area (Å²) < 4.78 is 5.39. The van der Waals surface area contributed by atoms with E-state index in [1.165, 1.54) is 0 Å². The van der Waals surface area contributed by atoms with Gasteiger partial charge in [-0.05, 0) is 18.2 Å². The second-order valence-electron chi connectivity index (χ2n) is 3.22. The maximum atomic E-state index is 11.3. The van der Waals surface area contributed by atoms with Gasteiger partial charge >= 0.3 is 0 Å². The van der Waals surface area contributed by atoms with Crippen molar-refractivity contribution >= 4 is 28.8 Å². The fourth-order valence-corrected chi connectivity index (χ4v) is 1.50. The van der Waals surface area contributed by atoms with E-state index in [-0.39, 0.29) is 5.91 Å². The van der Waals surface area contributed by atoms with Crippen molar-refractivity contribution in [1.29, 1.82) is 0 Å². The molecule has 0 radical (unpaired) electrons. The minimum Gasteiger partial charge on any atom is -0.491 e. The zero-order chi connectivity index (χ0) is 10.8. The van der Waals surface area contributed by atoms with E-state index < -0.39 is 0 Å². The highest BCUT2D eigenvalue weighted by molar-refractivity contribution is 7.80. The van der Waals surface area contributed by atoms with E-state index in [1.807, 2.05) is 0 Å². The number of hydrogen-bond donors (Lipinski definition) is 2. The van der Waals surface area contributed by atoms with Gasteiger partial charge in [0, 0.05) is 5.56 Å². The number of nitrogens with two attached hydrogens (primary N) is 1. The van der Waals surface area contributed by atoms with Gasteiger partial charge in [-0.3, -0.25) is 4.79 Å². The molecule has 1 amide bonds. The van der Waals surface area contributed by atoms with Gasteiger partial charge < -0.3 is 15.8 Å². The molecule has 1 aromatic rings. The Labute approximate surface area is 92.4 Å². The average Bonchev–Trinajstić information content (AvgIpc) is 2.37. The molecule has 0 aromatic heterocycles. The highest BCUT2D eigenvalue weighted by atomic mass is 32.1. The maximum Gasteiger partial charge on any atom is 0.227 e. The fraction of sp³-hybridized carbons (Fsp3) is 0.200. The summed E-state index contributed by atoms with van der Waals surface area (Å²) in [5, 5.41) is 2.74. The van der Waals surface area contributed by atoms with Crippen LogP contribution < -0.4 is 15.8 Å². The molecule has 1 heterocycles. The van der Waals surface area contributed by atoms with Crippen LogP contribution in [0.3, 0.4) is 0 Å². The number of thiocarbonyl (C=S) groups is 1. The van der Waals surface area contributed by atoms with Gasteiger partial charge in [0.15, 0.2) is 0 Å². The first-order valence-corrected chi connectivity index (χ1v) is 4.94. The van der Waals surface area contributed by atoms with Crippen LogP contribution in [0.4, 0.5) is 5.69 Å². The molecule has 4 nitrogen and oxygen atoms in total. The second-order valence-corrected chi connectivity index (χ2v) is 3.66. The van der Waals surface area contributed by atoms with Gasteiger partial charge in [-0.25, -0.2) is 0 Å². The molecule has 0 atom stereocenters. The smallest absolute Gasteiger partial charge is 0.227 e. The topological polar surface area (TPSA) is 64.3 Å². The van der Waals surface area contributed by atoms with Crippen LogP contribution in [0.1, 0.15) is 12.0 Å². The van der Waals surface area contributed by atoms with Gasteiger partial charge in [0.25, 0.3) is 0 Å². The second kappa shape index (κ2) is 3.86. The lowest BCUT2D eigenvalue weighted by molar-refractivity contribution is -0.116. The molecule has 1 aliphatic rings. The summed E-state index contributed by atoms with van der Waals surface area (Å²) in [7, 11) is 0. The summed E-state index contributed by atoms with van der Waals surface area (Å²) >= 11 is 4.85. The summed E-state index contributed by atoms with van der Waals surface area (Å²) in [6.45, 7) is 0.394. The van der Waals surface area contributed by atoms with Crippen molar-refractivity contribution in [3.05, 3.63) is 23.8 Å². The van der Waals surface area contributed by atoms with E-state index in [0.717, 1.165) is 5.56 Å². The zero-order valence-corrected chi connectivity index (χ0v) is 8.76. The molecular weight excluding hydrogens is 212 g/mol. The fourth-order valence-electron chi connectivity index (χ4n) is 1.37. The van der Waals surface area contributed by atoms with Crippen molar-refractivity contribution in [1.82, 2.24) is 0 Å². The van der Waals surface area contributed by atoms with Crippen LogP contribution >= 0.6 is 12.2 Å². The number of anilines is 1. The number of benzene rings is 1. The van der Waals surface area contributed by atoms with Crippen LogP contribution in [0, 0.1) is 0 Å². The quantitative estimate of drug-likeness (QED) is 0.697. The van der Waals surface area contributed by atoms with Crippen molar-refractivity contribution in [2.75, 3.05) is 11.9 Å². The first-order valence-electron chi connectivity index (χ1n) is 4.53. The summed E-state index contributed by atoms with van der Waals surface area (Å²) in [6, 6.07) is 5.26. The van der Waals surface area contributed by atoms with E-state index in [0.29, 0.717) is 29.5 Å². The Morgan fingerprint density at radius 2 is 2.33 bits per heavy atom. The van der Waals surface area contributed by atoms with Gasteiger partial charge in [-0.15, -0.1) is 0 Å². The van der Waals surface area contributed by atoms with Gasteiger partial charge in [0.2, 0.25) is 5.91 Å². The Morgan fingerprint density at radius 1 is 1.53 bits per heavy atom. The number of hydrogen-bond acceptors (Lipinski definition) is 3. The van der Waals surface area contributed by atoms with Crippen LogP contribution in [0.25, 0.3) is 0 Å². The van der Waals surface area contributed by atoms with Gasteiger partial charge in [0.1, 0.15) is 10.7 Å². The maximum absolute atomic E-state index is 11.3. The molecule has 1 aromatic carbocycles. The summed E-state index contributed by atoms with van der Waals surface area (Å²) in [5.74, 6) is 0.592. The third-order valence-corrected chi connectivity index (χ3v) is 2.36. The Balaban J connectivity index is 2.41. The molecule has 0 aliphatic carbocycles. The largest absolute Gasteiger partial charge is 0.491 e. The summed E-state index contributed by atoms with van der Waals surface area (Å²) in [4.78, 5) is 11.6. The number of fused-ring (bicyclic) bond motifs is 1. The Hall–Kier alpha value is -1.62. The van der Waals surface area contributed by atoms with E-state index in [1.54, 1.807) is 18.2 Å². The molecule has 5 heteroatoms. The van der Waals surface area contributed by atoms with Crippen LogP contribution in [-0.2, 0) is 4.79 Å². The lowest BCUT2D eigenvalue weighted by Crippen LogP contribution is -2.12. The summed E-state index contributed by atoms with van der Waals surface area (Å²) in [5.41, 5.74) is 6.84. The molecular formula is C10H10N2O2S. The van der Waals surface area contributed by atoms with Crippen molar-refractivity contribution in [3.8, 4) is 5.75 Å².